The van der Waals surface area contributed by atoms with E-state index in [9.17, 15) is 4.79 Å². The third kappa shape index (κ3) is 3.31. The first-order valence-corrected chi connectivity index (χ1v) is 7.80. The molecule has 4 nitrogen and oxygen atoms in total. The third-order valence-electron chi connectivity index (χ3n) is 3.92. The van der Waals surface area contributed by atoms with E-state index in [-0.39, 0.29) is 18.6 Å². The van der Waals surface area contributed by atoms with Gasteiger partial charge in [-0.05, 0) is 50.1 Å². The van der Waals surface area contributed by atoms with E-state index >= 15 is 0 Å². The van der Waals surface area contributed by atoms with Gasteiger partial charge in [-0.2, -0.15) is 0 Å². The van der Waals surface area contributed by atoms with Gasteiger partial charge in [-0.25, -0.2) is 0 Å². The average Bonchev–Trinajstić information content (AvgIpc) is 2.54. The Bertz CT molecular complexity index is 726. The van der Waals surface area contributed by atoms with Gasteiger partial charge in [-0.1, -0.05) is 24.3 Å². The van der Waals surface area contributed by atoms with Crippen LogP contribution in [0.2, 0.25) is 0 Å². The van der Waals surface area contributed by atoms with Crippen LogP contribution >= 0.6 is 0 Å². The lowest BCUT2D eigenvalue weighted by Crippen LogP contribution is -2.44. The fourth-order valence-corrected chi connectivity index (χ4v) is 2.71. The molecule has 2 aromatic rings. The molecule has 1 aliphatic heterocycles. The molecular formula is C19H21NO3. The summed E-state index contributed by atoms with van der Waals surface area (Å²) in [5.74, 6) is 1.44. The summed E-state index contributed by atoms with van der Waals surface area (Å²) in [7, 11) is 0. The third-order valence-corrected chi connectivity index (χ3v) is 3.92. The summed E-state index contributed by atoms with van der Waals surface area (Å²) in [5, 5.41) is 0. The smallest absolute Gasteiger partial charge is 0.265 e. The number of fused-ring (bicyclic) bond motifs is 1. The molecule has 1 heterocycles. The number of para-hydroxylation sites is 2. The van der Waals surface area contributed by atoms with E-state index in [1.54, 1.807) is 4.90 Å². The molecule has 0 spiro atoms. The Balaban J connectivity index is 1.75. The van der Waals surface area contributed by atoms with Crippen molar-refractivity contribution in [3.8, 4) is 11.5 Å². The van der Waals surface area contributed by atoms with E-state index in [0.717, 1.165) is 28.3 Å². The highest BCUT2D eigenvalue weighted by Gasteiger charge is 2.27. The number of hydrogen-bond acceptors (Lipinski definition) is 3. The van der Waals surface area contributed by atoms with E-state index in [1.165, 1.54) is 0 Å². The van der Waals surface area contributed by atoms with Gasteiger partial charge in [0.05, 0.1) is 12.2 Å². The van der Waals surface area contributed by atoms with Crippen molar-refractivity contribution in [1.82, 2.24) is 0 Å². The second kappa shape index (κ2) is 6.32. The summed E-state index contributed by atoms with van der Waals surface area (Å²) < 4.78 is 11.5. The first-order valence-electron chi connectivity index (χ1n) is 7.80. The summed E-state index contributed by atoms with van der Waals surface area (Å²) >= 11 is 0. The lowest BCUT2D eigenvalue weighted by molar-refractivity contribution is -0.121. The Hall–Kier alpha value is -2.49. The monoisotopic (exact) mass is 311 g/mol. The normalized spacial score (nSPS) is 16.5. The predicted molar refractivity (Wildman–Crippen MR) is 90.3 cm³/mol. The second-order valence-electron chi connectivity index (χ2n) is 5.96. The van der Waals surface area contributed by atoms with Crippen molar-refractivity contribution in [3.05, 3.63) is 53.6 Å². The van der Waals surface area contributed by atoms with Crippen molar-refractivity contribution in [2.24, 2.45) is 0 Å². The van der Waals surface area contributed by atoms with Gasteiger partial charge in [0.15, 0.2) is 6.61 Å². The fourth-order valence-electron chi connectivity index (χ4n) is 2.71. The van der Waals surface area contributed by atoms with Gasteiger partial charge in [0.25, 0.3) is 5.91 Å². The van der Waals surface area contributed by atoms with Crippen LogP contribution in [0.1, 0.15) is 18.1 Å². The fraction of sp³-hybridized carbons (Fsp3) is 0.316. The molecule has 0 saturated carbocycles. The van der Waals surface area contributed by atoms with Crippen molar-refractivity contribution in [3.63, 3.8) is 0 Å². The van der Waals surface area contributed by atoms with Crippen LogP contribution in [0.15, 0.2) is 42.5 Å². The van der Waals surface area contributed by atoms with Crippen LogP contribution in [-0.4, -0.2) is 25.2 Å². The molecule has 0 bridgehead atoms. The quantitative estimate of drug-likeness (QED) is 0.871. The van der Waals surface area contributed by atoms with Gasteiger partial charge in [0.1, 0.15) is 17.6 Å². The van der Waals surface area contributed by atoms with Crippen molar-refractivity contribution >= 4 is 11.6 Å². The summed E-state index contributed by atoms with van der Waals surface area (Å²) in [5.41, 5.74) is 2.95. The highest BCUT2D eigenvalue weighted by Crippen LogP contribution is 2.33. The zero-order chi connectivity index (χ0) is 16.4. The number of hydrogen-bond donors (Lipinski definition) is 0. The molecule has 2 aromatic carbocycles. The first kappa shape index (κ1) is 15.4. The minimum atomic E-state index is -0.0616. The highest BCUT2D eigenvalue weighted by molar-refractivity contribution is 5.96. The number of anilines is 1. The number of rotatable bonds is 3. The van der Waals surface area contributed by atoms with E-state index in [1.807, 2.05) is 63.2 Å². The number of benzene rings is 2. The van der Waals surface area contributed by atoms with E-state index < -0.39 is 0 Å². The van der Waals surface area contributed by atoms with E-state index in [0.29, 0.717) is 6.54 Å². The van der Waals surface area contributed by atoms with Crippen LogP contribution in [0.5, 0.6) is 11.5 Å². The maximum Gasteiger partial charge on any atom is 0.265 e. The SMILES string of the molecule is Cc1ccc(C)c(OCC(=O)N2CC(C)Oc3ccccc32)c1. The lowest BCUT2D eigenvalue weighted by Gasteiger charge is -2.33. The van der Waals surface area contributed by atoms with Gasteiger partial charge in [0, 0.05) is 0 Å². The molecule has 4 heteroatoms. The van der Waals surface area contributed by atoms with E-state index in [4.69, 9.17) is 9.47 Å². The molecule has 0 aliphatic carbocycles. The van der Waals surface area contributed by atoms with Crippen molar-refractivity contribution < 1.29 is 14.3 Å². The minimum absolute atomic E-state index is 0.0192. The zero-order valence-corrected chi connectivity index (χ0v) is 13.7. The van der Waals surface area contributed by atoms with E-state index in [2.05, 4.69) is 0 Å². The van der Waals surface area contributed by atoms with Gasteiger partial charge in [-0.15, -0.1) is 0 Å². The molecule has 1 atom stereocenters. The van der Waals surface area contributed by atoms with Gasteiger partial charge in [0.2, 0.25) is 0 Å². The lowest BCUT2D eigenvalue weighted by atomic mass is 10.1. The highest BCUT2D eigenvalue weighted by atomic mass is 16.5. The summed E-state index contributed by atoms with van der Waals surface area (Å²) in [6.45, 7) is 6.50. The Morgan fingerprint density at radius 1 is 1.26 bits per heavy atom. The molecule has 3 rings (SSSR count). The Morgan fingerprint density at radius 3 is 2.87 bits per heavy atom. The summed E-state index contributed by atoms with van der Waals surface area (Å²) in [6.07, 6.45) is -0.0328. The Kier molecular flexibility index (Phi) is 4.24. The molecule has 1 aliphatic rings. The van der Waals surface area contributed by atoms with Crippen molar-refractivity contribution in [2.75, 3.05) is 18.1 Å². The van der Waals surface area contributed by atoms with Crippen molar-refractivity contribution in [2.45, 2.75) is 26.9 Å². The van der Waals surface area contributed by atoms with Crippen LogP contribution < -0.4 is 14.4 Å². The molecule has 0 fully saturated rings. The van der Waals surface area contributed by atoms with Gasteiger partial charge >= 0.3 is 0 Å². The Morgan fingerprint density at radius 2 is 2.04 bits per heavy atom. The maximum atomic E-state index is 12.6. The average molecular weight is 311 g/mol. The molecule has 0 saturated heterocycles. The standard InChI is InChI=1S/C19H21NO3/c1-13-8-9-14(2)18(10-13)22-12-19(21)20-11-15(3)23-17-7-5-4-6-16(17)20/h4-10,15H,11-12H2,1-3H3. The van der Waals surface area contributed by atoms with Crippen LogP contribution in [0.4, 0.5) is 5.69 Å². The minimum Gasteiger partial charge on any atom is -0.487 e. The second-order valence-corrected chi connectivity index (χ2v) is 5.96. The molecule has 0 radical (unpaired) electrons. The van der Waals surface area contributed by atoms with Crippen LogP contribution in [-0.2, 0) is 4.79 Å². The molecule has 1 unspecified atom stereocenters. The number of amides is 1. The molecule has 1 amide bonds. The number of carbonyl (C=O) groups excluding carboxylic acids is 1. The molecule has 23 heavy (non-hydrogen) atoms. The number of ether oxygens (including phenoxy) is 2. The maximum absolute atomic E-state index is 12.6. The number of aryl methyl sites for hydroxylation is 2. The van der Waals surface area contributed by atoms with Gasteiger partial charge < -0.3 is 14.4 Å². The molecule has 0 N–H and O–H groups in total. The topological polar surface area (TPSA) is 38.8 Å². The predicted octanol–water partition coefficient (Wildman–Crippen LogP) is 3.50. The number of carbonyl (C=O) groups is 1. The summed E-state index contributed by atoms with van der Waals surface area (Å²) in [6, 6.07) is 13.6. The van der Waals surface area contributed by atoms with Crippen molar-refractivity contribution in [1.29, 1.82) is 0 Å². The summed E-state index contributed by atoms with van der Waals surface area (Å²) in [4.78, 5) is 14.4. The van der Waals surface area contributed by atoms with Gasteiger partial charge in [-0.3, -0.25) is 4.79 Å². The Labute approximate surface area is 136 Å². The first-order chi connectivity index (χ1) is 11.0. The zero-order valence-electron chi connectivity index (χ0n) is 13.7. The van der Waals surface area contributed by atoms with Crippen LogP contribution in [0, 0.1) is 13.8 Å². The molecule has 0 aromatic heterocycles. The van der Waals surface area contributed by atoms with Crippen LogP contribution in [0.3, 0.4) is 0 Å². The molecule has 120 valence electrons. The number of nitrogens with zero attached hydrogens (tertiary/aromatic N) is 1. The van der Waals surface area contributed by atoms with Crippen LogP contribution in [0.25, 0.3) is 0 Å². The molecular weight excluding hydrogens is 290 g/mol. The largest absolute Gasteiger partial charge is 0.487 e.